The summed E-state index contributed by atoms with van der Waals surface area (Å²) in [4.78, 5) is 31.6. The minimum atomic E-state index is -2.72. The van der Waals surface area contributed by atoms with Gasteiger partial charge in [-0.2, -0.15) is 13.9 Å². The van der Waals surface area contributed by atoms with Crippen LogP contribution in [-0.2, 0) is 0 Å². The van der Waals surface area contributed by atoms with Gasteiger partial charge in [0.15, 0.2) is 0 Å². The predicted molar refractivity (Wildman–Crippen MR) is 141 cm³/mol. The van der Waals surface area contributed by atoms with Gasteiger partial charge in [0.2, 0.25) is 0 Å². The molecule has 0 N–H and O–H groups in total. The zero-order chi connectivity index (χ0) is 28.2. The van der Waals surface area contributed by atoms with Gasteiger partial charge in [-0.1, -0.05) is 17.7 Å². The van der Waals surface area contributed by atoms with E-state index in [2.05, 4.69) is 10.1 Å². The van der Waals surface area contributed by atoms with Crippen molar-refractivity contribution in [2.24, 2.45) is 0 Å². The molecule has 1 fully saturated rings. The molecule has 7 nitrogen and oxygen atoms in total. The summed E-state index contributed by atoms with van der Waals surface area (Å²) < 4.78 is 43.3. The number of carbonyl (C=O) groups is 1. The van der Waals surface area contributed by atoms with E-state index in [1.807, 2.05) is 6.07 Å². The summed E-state index contributed by atoms with van der Waals surface area (Å²) in [7, 11) is 3.08. The molecule has 2 atom stereocenters. The van der Waals surface area contributed by atoms with Crippen LogP contribution in [0.2, 0.25) is 5.02 Å². The van der Waals surface area contributed by atoms with Crippen LogP contribution in [0, 0.1) is 19.7 Å². The molecule has 0 radical (unpaired) electrons. The SMILES string of the molecule is Cc1cnc(-c2cccc(C(=O)N(C)C)c2F)cc1-n1c(C)cc(C2CC2c2cnn(C(F)F)c2)c(Cl)c1=O. The summed E-state index contributed by atoms with van der Waals surface area (Å²) >= 11 is 6.59. The summed E-state index contributed by atoms with van der Waals surface area (Å²) in [5, 5.41) is 3.74. The second-order valence-electron chi connectivity index (χ2n) is 9.90. The summed E-state index contributed by atoms with van der Waals surface area (Å²) in [6.45, 7) is 0.826. The number of amides is 1. The van der Waals surface area contributed by atoms with Crippen LogP contribution in [0.4, 0.5) is 13.2 Å². The highest BCUT2D eigenvalue weighted by Crippen LogP contribution is 2.55. The first-order chi connectivity index (χ1) is 18.5. The molecule has 1 amide bonds. The second kappa shape index (κ2) is 10.00. The molecule has 0 spiro atoms. The van der Waals surface area contributed by atoms with Crippen LogP contribution in [0.15, 0.2) is 53.7 Å². The van der Waals surface area contributed by atoms with Crippen LogP contribution in [0.5, 0.6) is 0 Å². The van der Waals surface area contributed by atoms with Gasteiger partial charge in [0.05, 0.1) is 23.1 Å². The highest BCUT2D eigenvalue weighted by atomic mass is 35.5. The van der Waals surface area contributed by atoms with E-state index in [-0.39, 0.29) is 33.7 Å². The van der Waals surface area contributed by atoms with Gasteiger partial charge in [-0.15, -0.1) is 0 Å². The normalized spacial score (nSPS) is 16.5. The van der Waals surface area contributed by atoms with Crippen molar-refractivity contribution < 1.29 is 18.0 Å². The molecule has 1 aliphatic rings. The number of nitrogens with zero attached hydrogens (tertiary/aromatic N) is 5. The Labute approximate surface area is 227 Å². The van der Waals surface area contributed by atoms with Crippen molar-refractivity contribution in [1.29, 1.82) is 0 Å². The lowest BCUT2D eigenvalue weighted by Gasteiger charge is -2.17. The molecule has 1 saturated carbocycles. The molecular formula is C28H25ClF3N5O2. The van der Waals surface area contributed by atoms with Crippen molar-refractivity contribution in [2.75, 3.05) is 14.1 Å². The van der Waals surface area contributed by atoms with Gasteiger partial charge >= 0.3 is 6.55 Å². The van der Waals surface area contributed by atoms with Crippen molar-refractivity contribution >= 4 is 17.5 Å². The first-order valence-corrected chi connectivity index (χ1v) is 12.6. The van der Waals surface area contributed by atoms with E-state index in [4.69, 9.17) is 11.6 Å². The van der Waals surface area contributed by atoms with Crippen molar-refractivity contribution in [3.63, 3.8) is 0 Å². The third-order valence-electron chi connectivity index (χ3n) is 7.03. The Bertz CT molecular complexity index is 1660. The molecule has 5 rings (SSSR count). The minimum absolute atomic E-state index is 0.0388. The molecule has 4 aromatic rings. The summed E-state index contributed by atoms with van der Waals surface area (Å²) in [5.74, 6) is -1.32. The van der Waals surface area contributed by atoms with E-state index in [0.29, 0.717) is 39.2 Å². The first-order valence-electron chi connectivity index (χ1n) is 12.2. The van der Waals surface area contributed by atoms with Crippen LogP contribution in [-0.4, -0.2) is 44.2 Å². The monoisotopic (exact) mass is 555 g/mol. The van der Waals surface area contributed by atoms with Gasteiger partial charge in [-0.25, -0.2) is 9.07 Å². The maximum absolute atomic E-state index is 15.4. The van der Waals surface area contributed by atoms with Crippen molar-refractivity contribution in [3.05, 3.63) is 98.1 Å². The molecule has 3 heterocycles. The topological polar surface area (TPSA) is 73.0 Å². The minimum Gasteiger partial charge on any atom is -0.345 e. The number of aromatic nitrogens is 4. The van der Waals surface area contributed by atoms with Gasteiger partial charge in [0, 0.05) is 37.7 Å². The van der Waals surface area contributed by atoms with E-state index in [9.17, 15) is 18.4 Å². The third-order valence-corrected chi connectivity index (χ3v) is 7.41. The Morgan fingerprint density at radius 2 is 1.90 bits per heavy atom. The number of halogens is 4. The molecule has 1 aromatic carbocycles. The number of rotatable bonds is 6. The van der Waals surface area contributed by atoms with Gasteiger partial charge in [0.25, 0.3) is 11.5 Å². The van der Waals surface area contributed by atoms with Crippen LogP contribution >= 0.6 is 11.6 Å². The quantitative estimate of drug-likeness (QED) is 0.298. The molecule has 0 aliphatic heterocycles. The zero-order valence-corrected chi connectivity index (χ0v) is 22.4. The van der Waals surface area contributed by atoms with E-state index in [0.717, 1.165) is 0 Å². The maximum atomic E-state index is 15.4. The van der Waals surface area contributed by atoms with Crippen LogP contribution in [0.3, 0.4) is 0 Å². The third kappa shape index (κ3) is 4.73. The average molecular weight is 556 g/mol. The smallest absolute Gasteiger partial charge is 0.333 e. The fraction of sp³-hybridized carbons (Fsp3) is 0.286. The number of alkyl halides is 2. The number of pyridine rings is 2. The number of hydrogen-bond acceptors (Lipinski definition) is 4. The fourth-order valence-corrected chi connectivity index (χ4v) is 5.18. The Morgan fingerprint density at radius 1 is 1.15 bits per heavy atom. The van der Waals surface area contributed by atoms with E-state index >= 15 is 4.39 Å². The van der Waals surface area contributed by atoms with E-state index in [1.165, 1.54) is 40.2 Å². The standard InChI is InChI=1S/C28H25ClF3N5O2/c1-14-11-33-22(17-6-5-7-18(25(17)30)26(38)35(3)4)10-23(14)37-15(2)8-21(24(29)27(37)39)20-9-19(20)16-12-34-36(13-16)28(31)32/h5-8,10-13,19-20,28H,9H2,1-4H3. The molecule has 0 bridgehead atoms. The first kappa shape index (κ1) is 26.7. The molecule has 11 heteroatoms. The lowest BCUT2D eigenvalue weighted by molar-refractivity contribution is 0.0565. The van der Waals surface area contributed by atoms with Gasteiger partial charge in [-0.3, -0.25) is 19.1 Å². The van der Waals surface area contributed by atoms with Gasteiger partial charge < -0.3 is 4.90 Å². The number of carbonyl (C=O) groups excluding carboxylic acids is 1. The van der Waals surface area contributed by atoms with Crippen molar-refractivity contribution in [3.8, 4) is 16.9 Å². The maximum Gasteiger partial charge on any atom is 0.333 e. The highest BCUT2D eigenvalue weighted by molar-refractivity contribution is 6.31. The Balaban J connectivity index is 1.53. The molecule has 3 aromatic heterocycles. The largest absolute Gasteiger partial charge is 0.345 e. The Hall–Kier alpha value is -3.92. The van der Waals surface area contributed by atoms with Crippen LogP contribution < -0.4 is 5.56 Å². The lowest BCUT2D eigenvalue weighted by Crippen LogP contribution is -2.23. The molecular weight excluding hydrogens is 531 g/mol. The van der Waals surface area contributed by atoms with Crippen molar-refractivity contribution in [1.82, 2.24) is 24.2 Å². The van der Waals surface area contributed by atoms with Crippen LogP contribution in [0.25, 0.3) is 16.9 Å². The van der Waals surface area contributed by atoms with Crippen LogP contribution in [0.1, 0.15) is 57.5 Å². The number of aryl methyl sites for hydroxylation is 2. The van der Waals surface area contributed by atoms with Crippen molar-refractivity contribution in [2.45, 2.75) is 38.7 Å². The summed E-state index contributed by atoms with van der Waals surface area (Å²) in [6.07, 6.45) is 4.94. The summed E-state index contributed by atoms with van der Waals surface area (Å²) in [6, 6.07) is 7.94. The number of benzene rings is 1. The predicted octanol–water partition coefficient (Wildman–Crippen LogP) is 5.87. The molecule has 1 aliphatic carbocycles. The number of hydrogen-bond donors (Lipinski definition) is 0. The summed E-state index contributed by atoms with van der Waals surface area (Å²) in [5.41, 5.74) is 2.92. The Kier molecular flexibility index (Phi) is 6.84. The molecule has 0 saturated heterocycles. The van der Waals surface area contributed by atoms with E-state index < -0.39 is 23.8 Å². The zero-order valence-electron chi connectivity index (χ0n) is 21.6. The highest BCUT2D eigenvalue weighted by Gasteiger charge is 2.42. The van der Waals surface area contributed by atoms with Gasteiger partial charge in [0.1, 0.15) is 10.8 Å². The van der Waals surface area contributed by atoms with E-state index in [1.54, 1.807) is 40.1 Å². The molecule has 39 heavy (non-hydrogen) atoms. The lowest BCUT2D eigenvalue weighted by atomic mass is 10.0. The molecule has 2 unspecified atom stereocenters. The Morgan fingerprint density at radius 3 is 2.56 bits per heavy atom. The second-order valence-corrected chi connectivity index (χ2v) is 10.3. The fourth-order valence-electron chi connectivity index (χ4n) is 4.90. The van der Waals surface area contributed by atoms with Gasteiger partial charge in [-0.05, 0) is 73.1 Å². The average Bonchev–Trinajstić information content (AvgIpc) is 3.52. The molecule has 202 valence electrons.